The van der Waals surface area contributed by atoms with Crippen molar-refractivity contribution < 1.29 is 13.9 Å². The number of rotatable bonds is 6. The molecule has 112 valence electrons. The summed E-state index contributed by atoms with van der Waals surface area (Å²) in [5.41, 5.74) is 6.25. The minimum absolute atomic E-state index is 0.119. The first-order valence-electron chi connectivity index (χ1n) is 7.17. The molecule has 6 heteroatoms. The van der Waals surface area contributed by atoms with E-state index in [9.17, 15) is 4.79 Å². The fraction of sp³-hybridized carbons (Fsp3) is 0.714. The van der Waals surface area contributed by atoms with Crippen molar-refractivity contribution in [1.82, 2.24) is 10.3 Å². The van der Waals surface area contributed by atoms with Crippen LogP contribution in [0.4, 0.5) is 0 Å². The predicted molar refractivity (Wildman–Crippen MR) is 74.2 cm³/mol. The lowest BCUT2D eigenvalue weighted by Gasteiger charge is -2.10. The summed E-state index contributed by atoms with van der Waals surface area (Å²) >= 11 is 0. The number of amides is 1. The zero-order valence-corrected chi connectivity index (χ0v) is 12.1. The fourth-order valence-corrected chi connectivity index (χ4v) is 2.27. The second-order valence-corrected chi connectivity index (χ2v) is 5.65. The van der Waals surface area contributed by atoms with E-state index in [2.05, 4.69) is 24.1 Å². The van der Waals surface area contributed by atoms with Gasteiger partial charge in [0.25, 0.3) is 5.91 Å². The number of oxazole rings is 1. The zero-order valence-electron chi connectivity index (χ0n) is 12.1. The van der Waals surface area contributed by atoms with Crippen LogP contribution in [0.1, 0.15) is 55.5 Å². The highest BCUT2D eigenvalue weighted by Crippen LogP contribution is 2.18. The summed E-state index contributed by atoms with van der Waals surface area (Å²) in [5.74, 6) is 0.627. The Morgan fingerprint density at radius 1 is 1.60 bits per heavy atom. The van der Waals surface area contributed by atoms with E-state index in [0.29, 0.717) is 18.4 Å². The van der Waals surface area contributed by atoms with Crippen LogP contribution in [0, 0.1) is 5.92 Å². The van der Waals surface area contributed by atoms with Crippen LogP contribution in [0.5, 0.6) is 0 Å². The molecule has 0 aromatic carbocycles. The summed E-state index contributed by atoms with van der Waals surface area (Å²) in [6.45, 7) is 5.45. The Kier molecular flexibility index (Phi) is 5.14. The van der Waals surface area contributed by atoms with Crippen molar-refractivity contribution in [2.75, 3.05) is 13.2 Å². The molecule has 0 spiro atoms. The number of carbonyl (C=O) groups is 1. The lowest BCUT2D eigenvalue weighted by molar-refractivity contribution is 0.0853. The van der Waals surface area contributed by atoms with Crippen LogP contribution in [0.3, 0.4) is 0 Å². The van der Waals surface area contributed by atoms with Gasteiger partial charge in [-0.15, -0.1) is 0 Å². The highest BCUT2D eigenvalue weighted by molar-refractivity contribution is 5.91. The van der Waals surface area contributed by atoms with Crippen LogP contribution in [0.25, 0.3) is 0 Å². The molecule has 0 aliphatic carbocycles. The summed E-state index contributed by atoms with van der Waals surface area (Å²) in [7, 11) is 0. The van der Waals surface area contributed by atoms with Gasteiger partial charge in [0, 0.05) is 13.2 Å². The molecule has 2 atom stereocenters. The fourth-order valence-electron chi connectivity index (χ4n) is 2.27. The van der Waals surface area contributed by atoms with E-state index in [1.807, 2.05) is 0 Å². The van der Waals surface area contributed by atoms with Gasteiger partial charge in [-0.25, -0.2) is 4.98 Å². The number of aromatic nitrogens is 1. The van der Waals surface area contributed by atoms with E-state index in [-0.39, 0.29) is 23.7 Å². The van der Waals surface area contributed by atoms with Gasteiger partial charge in [0.15, 0.2) is 5.69 Å². The predicted octanol–water partition coefficient (Wildman–Crippen LogP) is 1.63. The average molecular weight is 281 g/mol. The van der Waals surface area contributed by atoms with E-state index in [1.54, 1.807) is 0 Å². The van der Waals surface area contributed by atoms with Gasteiger partial charge >= 0.3 is 0 Å². The molecular weight excluding hydrogens is 258 g/mol. The van der Waals surface area contributed by atoms with Crippen molar-refractivity contribution in [3.8, 4) is 0 Å². The van der Waals surface area contributed by atoms with Crippen molar-refractivity contribution in [2.45, 2.75) is 45.3 Å². The van der Waals surface area contributed by atoms with Gasteiger partial charge < -0.3 is 20.2 Å². The molecule has 1 aliphatic rings. The number of carbonyl (C=O) groups excluding carboxylic acids is 1. The van der Waals surface area contributed by atoms with Crippen LogP contribution in [-0.4, -0.2) is 30.1 Å². The Labute approximate surface area is 119 Å². The molecule has 6 nitrogen and oxygen atoms in total. The minimum atomic E-state index is -0.269. The third-order valence-corrected chi connectivity index (χ3v) is 3.31. The van der Waals surface area contributed by atoms with Gasteiger partial charge in [0.05, 0.1) is 12.1 Å². The van der Waals surface area contributed by atoms with Gasteiger partial charge in [-0.3, -0.25) is 4.79 Å². The molecule has 3 N–H and O–H groups in total. The Balaban J connectivity index is 1.85. The molecule has 20 heavy (non-hydrogen) atoms. The number of hydrogen-bond acceptors (Lipinski definition) is 5. The highest BCUT2D eigenvalue weighted by atomic mass is 16.5. The lowest BCUT2D eigenvalue weighted by Crippen LogP contribution is -2.32. The average Bonchev–Trinajstić information content (AvgIpc) is 3.06. The molecule has 1 fully saturated rings. The second-order valence-electron chi connectivity index (χ2n) is 5.65. The molecular formula is C14H23N3O3. The maximum atomic E-state index is 11.9. The van der Waals surface area contributed by atoms with Crippen LogP contribution in [-0.2, 0) is 4.74 Å². The first kappa shape index (κ1) is 15.0. The summed E-state index contributed by atoms with van der Waals surface area (Å²) in [6.07, 6.45) is 4.30. The maximum Gasteiger partial charge on any atom is 0.273 e. The highest BCUT2D eigenvalue weighted by Gasteiger charge is 2.20. The third-order valence-electron chi connectivity index (χ3n) is 3.31. The van der Waals surface area contributed by atoms with E-state index in [1.165, 1.54) is 6.26 Å². The molecule has 0 radical (unpaired) electrons. The first-order valence-corrected chi connectivity index (χ1v) is 7.17. The third kappa shape index (κ3) is 4.05. The van der Waals surface area contributed by atoms with Crippen LogP contribution < -0.4 is 11.1 Å². The van der Waals surface area contributed by atoms with Crippen molar-refractivity contribution in [3.05, 3.63) is 17.8 Å². The normalized spacial score (nSPS) is 20.3. The Bertz CT molecular complexity index is 439. The molecule has 1 saturated heterocycles. The van der Waals surface area contributed by atoms with Gasteiger partial charge in [0.2, 0.25) is 5.89 Å². The molecule has 1 aromatic heterocycles. The van der Waals surface area contributed by atoms with Gasteiger partial charge in [-0.2, -0.15) is 0 Å². The number of ether oxygens (including phenoxy) is 1. The molecule has 2 heterocycles. The standard InChI is InChI=1S/C14H23N3O3/c1-9(2)6-11(15)14-17-12(8-20-14)13(18)16-7-10-4-3-5-19-10/h8-11H,3-7,15H2,1-2H3,(H,16,18). The number of nitrogens with two attached hydrogens (primary N) is 1. The molecule has 0 bridgehead atoms. The summed E-state index contributed by atoms with van der Waals surface area (Å²) in [6, 6.07) is -0.269. The molecule has 1 aromatic rings. The molecule has 1 amide bonds. The topological polar surface area (TPSA) is 90.4 Å². The van der Waals surface area contributed by atoms with E-state index >= 15 is 0 Å². The minimum Gasteiger partial charge on any atom is -0.446 e. The SMILES string of the molecule is CC(C)CC(N)c1nc(C(=O)NCC2CCCO2)co1. The number of nitrogens with zero attached hydrogens (tertiary/aromatic N) is 1. The second kappa shape index (κ2) is 6.85. The molecule has 1 aliphatic heterocycles. The van der Waals surface area contributed by atoms with Crippen LogP contribution in [0.2, 0.25) is 0 Å². The molecule has 0 saturated carbocycles. The quantitative estimate of drug-likeness (QED) is 0.827. The van der Waals surface area contributed by atoms with Crippen molar-refractivity contribution in [2.24, 2.45) is 11.7 Å². The summed E-state index contributed by atoms with van der Waals surface area (Å²) in [4.78, 5) is 16.1. The van der Waals surface area contributed by atoms with Crippen molar-refractivity contribution in [1.29, 1.82) is 0 Å². The summed E-state index contributed by atoms with van der Waals surface area (Å²) in [5, 5.41) is 2.81. The van der Waals surface area contributed by atoms with Crippen molar-refractivity contribution in [3.63, 3.8) is 0 Å². The largest absolute Gasteiger partial charge is 0.446 e. The lowest BCUT2D eigenvalue weighted by atomic mass is 10.0. The maximum absolute atomic E-state index is 11.9. The smallest absolute Gasteiger partial charge is 0.273 e. The monoisotopic (exact) mass is 281 g/mol. The van der Waals surface area contributed by atoms with Gasteiger partial charge in [-0.05, 0) is 25.2 Å². The van der Waals surface area contributed by atoms with E-state index < -0.39 is 0 Å². The van der Waals surface area contributed by atoms with E-state index in [4.69, 9.17) is 14.9 Å². The molecule has 2 unspecified atom stereocenters. The van der Waals surface area contributed by atoms with Crippen LogP contribution >= 0.6 is 0 Å². The summed E-state index contributed by atoms with van der Waals surface area (Å²) < 4.78 is 10.7. The zero-order chi connectivity index (χ0) is 14.5. The van der Waals surface area contributed by atoms with E-state index in [0.717, 1.165) is 25.9 Å². The number of nitrogens with one attached hydrogen (secondary N) is 1. The van der Waals surface area contributed by atoms with Crippen molar-refractivity contribution >= 4 is 5.91 Å². The Hall–Kier alpha value is -1.40. The molecule has 2 rings (SSSR count). The number of hydrogen-bond donors (Lipinski definition) is 2. The van der Waals surface area contributed by atoms with Gasteiger partial charge in [0.1, 0.15) is 6.26 Å². The van der Waals surface area contributed by atoms with Crippen LogP contribution in [0.15, 0.2) is 10.7 Å². The first-order chi connectivity index (χ1) is 9.56. The Morgan fingerprint density at radius 2 is 2.40 bits per heavy atom. The Morgan fingerprint density at radius 3 is 3.05 bits per heavy atom. The van der Waals surface area contributed by atoms with Gasteiger partial charge in [-0.1, -0.05) is 13.8 Å².